The summed E-state index contributed by atoms with van der Waals surface area (Å²) in [5.74, 6) is 0.814. The molecule has 4 nitrogen and oxygen atoms in total. The van der Waals surface area contributed by atoms with Gasteiger partial charge in [0.15, 0.2) is 0 Å². The number of rotatable bonds is 4. The topological polar surface area (TPSA) is 58.0 Å². The first-order valence-electron chi connectivity index (χ1n) is 7.10. The molecule has 1 heterocycles. The molecule has 1 aromatic heterocycles. The summed E-state index contributed by atoms with van der Waals surface area (Å²) in [5.41, 5.74) is 2.91. The van der Waals surface area contributed by atoms with Gasteiger partial charge in [-0.2, -0.15) is 0 Å². The molecular weight excluding hydrogens is 269 g/mol. The Kier molecular flexibility index (Phi) is 3.84. The minimum atomic E-state index is -0.232. The van der Waals surface area contributed by atoms with Crippen molar-refractivity contribution in [3.8, 4) is 0 Å². The maximum absolute atomic E-state index is 13.3. The molecule has 0 saturated heterocycles. The maximum Gasteiger partial charge on any atom is 0.129 e. The van der Waals surface area contributed by atoms with E-state index in [1.807, 2.05) is 13.0 Å². The molecule has 1 aliphatic rings. The molecule has 110 valence electrons. The monoisotopic (exact) mass is 287 g/mol. The van der Waals surface area contributed by atoms with Gasteiger partial charge in [-0.05, 0) is 43.0 Å². The van der Waals surface area contributed by atoms with E-state index in [-0.39, 0.29) is 11.9 Å². The van der Waals surface area contributed by atoms with Crippen LogP contribution in [0.2, 0.25) is 0 Å². The zero-order valence-corrected chi connectivity index (χ0v) is 11.9. The Morgan fingerprint density at radius 3 is 2.86 bits per heavy atom. The van der Waals surface area contributed by atoms with E-state index >= 15 is 0 Å². The predicted molar refractivity (Wildman–Crippen MR) is 78.5 cm³/mol. The highest BCUT2D eigenvalue weighted by Crippen LogP contribution is 2.35. The molecule has 0 amide bonds. The fourth-order valence-corrected chi connectivity index (χ4v) is 2.54. The Hall–Kier alpha value is -2.01. The standard InChI is InChI=1S/C16H18FN3O/c1-10-2-3-13(17)4-12(10)8-18-16-7-15(19-9-20-16)11-5-14(21)6-11/h2-4,7,9,11,14,21H,5-6,8H2,1H3,(H,18,19,20). The predicted octanol–water partition coefficient (Wildman–Crippen LogP) is 2.77. The van der Waals surface area contributed by atoms with Crippen molar-refractivity contribution < 1.29 is 9.50 Å². The summed E-state index contributed by atoms with van der Waals surface area (Å²) in [4.78, 5) is 8.45. The molecule has 1 aliphatic carbocycles. The Morgan fingerprint density at radius 1 is 1.29 bits per heavy atom. The fraction of sp³-hybridized carbons (Fsp3) is 0.375. The fourth-order valence-electron chi connectivity index (χ4n) is 2.54. The van der Waals surface area contributed by atoms with Gasteiger partial charge in [0.25, 0.3) is 0 Å². The average Bonchev–Trinajstić information content (AvgIpc) is 2.45. The molecule has 0 radical (unpaired) electrons. The minimum absolute atomic E-state index is 0.198. The first kappa shape index (κ1) is 13.9. The molecule has 0 spiro atoms. The number of hydrogen-bond acceptors (Lipinski definition) is 4. The summed E-state index contributed by atoms with van der Waals surface area (Å²) in [6.07, 6.45) is 2.86. The van der Waals surface area contributed by atoms with Crippen molar-refractivity contribution in [2.75, 3.05) is 5.32 Å². The molecular formula is C16H18FN3O. The second-order valence-electron chi connectivity index (χ2n) is 5.57. The number of nitrogens with zero attached hydrogens (tertiary/aromatic N) is 2. The van der Waals surface area contributed by atoms with Crippen LogP contribution in [0.25, 0.3) is 0 Å². The number of nitrogens with one attached hydrogen (secondary N) is 1. The smallest absolute Gasteiger partial charge is 0.129 e. The van der Waals surface area contributed by atoms with Crippen molar-refractivity contribution in [1.82, 2.24) is 9.97 Å². The first-order chi connectivity index (χ1) is 10.1. The van der Waals surface area contributed by atoms with Gasteiger partial charge in [-0.25, -0.2) is 14.4 Å². The number of hydrogen-bond donors (Lipinski definition) is 2. The summed E-state index contributed by atoms with van der Waals surface area (Å²) in [5, 5.41) is 12.6. The Labute approximate surface area is 123 Å². The Morgan fingerprint density at radius 2 is 2.10 bits per heavy atom. The van der Waals surface area contributed by atoms with Crippen LogP contribution in [0.3, 0.4) is 0 Å². The molecule has 21 heavy (non-hydrogen) atoms. The lowest BCUT2D eigenvalue weighted by Crippen LogP contribution is -2.27. The number of aliphatic hydroxyl groups excluding tert-OH is 1. The van der Waals surface area contributed by atoms with E-state index in [1.165, 1.54) is 18.5 Å². The van der Waals surface area contributed by atoms with Gasteiger partial charge in [-0.15, -0.1) is 0 Å². The second-order valence-corrected chi connectivity index (χ2v) is 5.57. The van der Waals surface area contributed by atoms with Gasteiger partial charge in [-0.1, -0.05) is 6.07 Å². The van der Waals surface area contributed by atoms with Crippen LogP contribution in [0.15, 0.2) is 30.6 Å². The normalized spacial score (nSPS) is 20.9. The van der Waals surface area contributed by atoms with Crippen LogP contribution in [0, 0.1) is 12.7 Å². The molecule has 2 aromatic rings. The van der Waals surface area contributed by atoms with Crippen LogP contribution in [0.1, 0.15) is 35.6 Å². The van der Waals surface area contributed by atoms with Gasteiger partial charge in [0, 0.05) is 24.2 Å². The lowest BCUT2D eigenvalue weighted by Gasteiger charge is -2.30. The van der Waals surface area contributed by atoms with Crippen LogP contribution in [0.5, 0.6) is 0 Å². The third-order valence-corrected chi connectivity index (χ3v) is 3.99. The highest BCUT2D eigenvalue weighted by atomic mass is 19.1. The third kappa shape index (κ3) is 3.19. The molecule has 1 fully saturated rings. The van der Waals surface area contributed by atoms with Crippen molar-refractivity contribution in [3.05, 3.63) is 53.2 Å². The molecule has 5 heteroatoms. The van der Waals surface area contributed by atoms with E-state index in [4.69, 9.17) is 0 Å². The van der Waals surface area contributed by atoms with E-state index in [9.17, 15) is 9.50 Å². The van der Waals surface area contributed by atoms with Gasteiger partial charge in [-0.3, -0.25) is 0 Å². The quantitative estimate of drug-likeness (QED) is 0.908. The van der Waals surface area contributed by atoms with Crippen molar-refractivity contribution >= 4 is 5.82 Å². The molecule has 0 bridgehead atoms. The van der Waals surface area contributed by atoms with E-state index in [2.05, 4.69) is 15.3 Å². The number of halogens is 1. The van der Waals surface area contributed by atoms with Crippen molar-refractivity contribution in [3.63, 3.8) is 0 Å². The molecule has 0 atom stereocenters. The van der Waals surface area contributed by atoms with E-state index < -0.39 is 0 Å². The number of aryl methyl sites for hydroxylation is 1. The molecule has 1 aromatic carbocycles. The molecule has 0 unspecified atom stereocenters. The SMILES string of the molecule is Cc1ccc(F)cc1CNc1cc(C2CC(O)C2)ncn1. The average molecular weight is 287 g/mol. The van der Waals surface area contributed by atoms with Crippen molar-refractivity contribution in [2.24, 2.45) is 0 Å². The third-order valence-electron chi connectivity index (χ3n) is 3.99. The van der Waals surface area contributed by atoms with Gasteiger partial charge in [0.1, 0.15) is 18.0 Å². The summed E-state index contributed by atoms with van der Waals surface area (Å²) in [7, 11) is 0. The van der Waals surface area contributed by atoms with Crippen LogP contribution < -0.4 is 5.32 Å². The molecule has 1 saturated carbocycles. The highest BCUT2D eigenvalue weighted by Gasteiger charge is 2.29. The van der Waals surface area contributed by atoms with Gasteiger partial charge < -0.3 is 10.4 Å². The van der Waals surface area contributed by atoms with Gasteiger partial charge >= 0.3 is 0 Å². The summed E-state index contributed by atoms with van der Waals surface area (Å²) in [6, 6.07) is 6.68. The van der Waals surface area contributed by atoms with Crippen LogP contribution in [-0.2, 0) is 6.54 Å². The van der Waals surface area contributed by atoms with Gasteiger partial charge in [0.05, 0.1) is 6.10 Å². The van der Waals surface area contributed by atoms with Crippen molar-refractivity contribution in [1.29, 1.82) is 0 Å². The van der Waals surface area contributed by atoms with E-state index in [0.29, 0.717) is 12.5 Å². The summed E-state index contributed by atoms with van der Waals surface area (Å²) < 4.78 is 13.3. The number of benzene rings is 1. The Bertz CT molecular complexity index is 641. The lowest BCUT2D eigenvalue weighted by atomic mass is 9.80. The van der Waals surface area contributed by atoms with Crippen LogP contribution in [0.4, 0.5) is 10.2 Å². The number of anilines is 1. The van der Waals surface area contributed by atoms with Gasteiger partial charge in [0.2, 0.25) is 0 Å². The van der Waals surface area contributed by atoms with Crippen LogP contribution >= 0.6 is 0 Å². The molecule has 2 N–H and O–H groups in total. The molecule has 0 aliphatic heterocycles. The zero-order chi connectivity index (χ0) is 14.8. The highest BCUT2D eigenvalue weighted by molar-refractivity contribution is 5.39. The zero-order valence-electron chi connectivity index (χ0n) is 11.9. The second kappa shape index (κ2) is 5.77. The summed E-state index contributed by atoms with van der Waals surface area (Å²) in [6.45, 7) is 2.48. The lowest BCUT2D eigenvalue weighted by molar-refractivity contribution is 0.0732. The number of aliphatic hydroxyl groups is 1. The van der Waals surface area contributed by atoms with E-state index in [1.54, 1.807) is 6.07 Å². The van der Waals surface area contributed by atoms with Crippen LogP contribution in [-0.4, -0.2) is 21.2 Å². The number of aromatic nitrogens is 2. The van der Waals surface area contributed by atoms with E-state index in [0.717, 1.165) is 35.5 Å². The minimum Gasteiger partial charge on any atom is -0.393 e. The summed E-state index contributed by atoms with van der Waals surface area (Å²) >= 11 is 0. The Balaban J connectivity index is 1.68. The maximum atomic E-state index is 13.3. The largest absolute Gasteiger partial charge is 0.393 e. The molecule has 3 rings (SSSR count). The van der Waals surface area contributed by atoms with Crippen molar-refractivity contribution in [2.45, 2.75) is 38.3 Å². The first-order valence-corrected chi connectivity index (χ1v) is 7.10.